The molecule has 9 nitrogen and oxygen atoms in total. The highest BCUT2D eigenvalue weighted by Gasteiger charge is 2.52. The smallest absolute Gasteiger partial charge is 0.395 e. The number of phosphoric ester groups is 1. The van der Waals surface area contributed by atoms with E-state index < -0.39 is 38.5 Å². The summed E-state index contributed by atoms with van der Waals surface area (Å²) in [6.07, 6.45) is -4.63. The van der Waals surface area contributed by atoms with Crippen LogP contribution in [-0.4, -0.2) is 37.3 Å². The maximum Gasteiger partial charge on any atom is 0.590 e. The topological polar surface area (TPSA) is 90.9 Å². The molecule has 5 atom stereocenters. The van der Waals surface area contributed by atoms with Crippen LogP contribution < -0.4 is 9.05 Å². The zero-order valence-corrected chi connectivity index (χ0v) is 31.8. The van der Waals surface area contributed by atoms with Gasteiger partial charge < -0.3 is 32.7 Å². The summed E-state index contributed by atoms with van der Waals surface area (Å²) in [5, 5.41) is 0. The minimum Gasteiger partial charge on any atom is -0.395 e. The summed E-state index contributed by atoms with van der Waals surface area (Å²) in [7, 11) is -4.49. The Balaban J connectivity index is 1.26. The Morgan fingerprint density at radius 2 is 0.786 bits per heavy atom. The van der Waals surface area contributed by atoms with Gasteiger partial charge in [-0.3, -0.25) is 0 Å². The maximum absolute atomic E-state index is 14.9. The lowest BCUT2D eigenvalue weighted by molar-refractivity contribution is -0.312. The highest BCUT2D eigenvalue weighted by molar-refractivity contribution is 7.49. The lowest BCUT2D eigenvalue weighted by Gasteiger charge is -2.46. The van der Waals surface area contributed by atoms with Crippen molar-refractivity contribution in [2.45, 2.75) is 57.1 Å². The molecule has 10 heteroatoms. The van der Waals surface area contributed by atoms with Gasteiger partial charge in [-0.05, 0) is 46.5 Å². The summed E-state index contributed by atoms with van der Waals surface area (Å²) in [6.45, 7) is 1.08. The predicted octanol–water partition coefficient (Wildman–Crippen LogP) is 9.97. The van der Waals surface area contributed by atoms with Crippen molar-refractivity contribution in [1.29, 1.82) is 0 Å². The van der Waals surface area contributed by atoms with Gasteiger partial charge in [0.1, 0.15) is 35.9 Å². The fourth-order valence-electron chi connectivity index (χ4n) is 6.24. The molecule has 56 heavy (non-hydrogen) atoms. The number of ether oxygens (including phenoxy) is 5. The van der Waals surface area contributed by atoms with Crippen LogP contribution in [0.1, 0.15) is 22.3 Å². The van der Waals surface area contributed by atoms with E-state index >= 15 is 0 Å². The van der Waals surface area contributed by atoms with Crippen molar-refractivity contribution in [3.63, 3.8) is 0 Å². The molecule has 288 valence electrons. The van der Waals surface area contributed by atoms with Gasteiger partial charge in [-0.2, -0.15) is 0 Å². The molecule has 1 saturated heterocycles. The van der Waals surface area contributed by atoms with Gasteiger partial charge in [0.05, 0.1) is 33.0 Å². The van der Waals surface area contributed by atoms with E-state index in [1.807, 2.05) is 133 Å². The molecule has 6 aromatic carbocycles. The lowest BCUT2D eigenvalue weighted by atomic mass is 9.98. The molecule has 0 bridgehead atoms. The minimum atomic E-state index is -4.49. The quantitative estimate of drug-likeness (QED) is 0.0747. The van der Waals surface area contributed by atoms with Crippen LogP contribution in [0.2, 0.25) is 0 Å². The van der Waals surface area contributed by atoms with Gasteiger partial charge in [-0.15, -0.1) is 0 Å². The van der Waals surface area contributed by atoms with E-state index in [1.165, 1.54) is 0 Å². The SMILES string of the molecule is O=P(Oc1ccccc1)(Oc1ccccc1)O[C@H]1O[C@H](COCc2ccccc2)[C@@H](OCc2ccccc2)[C@H](OCc2ccccc2)[C@@H]1OCc1ccccc1. The van der Waals surface area contributed by atoms with E-state index in [2.05, 4.69) is 0 Å². The number of benzene rings is 6. The first-order valence-corrected chi connectivity index (χ1v) is 20.1. The molecule has 0 N–H and O–H groups in total. The van der Waals surface area contributed by atoms with E-state index in [4.69, 9.17) is 37.3 Å². The van der Waals surface area contributed by atoms with Crippen molar-refractivity contribution in [3.8, 4) is 11.5 Å². The van der Waals surface area contributed by atoms with Gasteiger partial charge in [0.2, 0.25) is 6.29 Å². The second kappa shape index (κ2) is 20.2. The van der Waals surface area contributed by atoms with Crippen LogP contribution in [0.25, 0.3) is 0 Å². The summed E-state index contributed by atoms with van der Waals surface area (Å²) in [6, 6.07) is 56.8. The second-order valence-corrected chi connectivity index (χ2v) is 14.7. The first kappa shape index (κ1) is 39.2. The van der Waals surface area contributed by atoms with Crippen LogP contribution in [0.4, 0.5) is 0 Å². The summed E-state index contributed by atoms with van der Waals surface area (Å²) < 4.78 is 66.8. The van der Waals surface area contributed by atoms with Crippen molar-refractivity contribution in [1.82, 2.24) is 0 Å². The van der Waals surface area contributed by atoms with Crippen LogP contribution >= 0.6 is 7.82 Å². The van der Waals surface area contributed by atoms with Crippen molar-refractivity contribution in [2.75, 3.05) is 6.61 Å². The van der Waals surface area contributed by atoms with Gasteiger partial charge in [-0.25, -0.2) is 9.09 Å². The molecule has 7 rings (SSSR count). The Labute approximate surface area is 328 Å². The van der Waals surface area contributed by atoms with Crippen LogP contribution in [-0.2, 0) is 59.2 Å². The van der Waals surface area contributed by atoms with E-state index in [0.29, 0.717) is 6.61 Å². The minimum absolute atomic E-state index is 0.0915. The fraction of sp³-hybridized carbons (Fsp3) is 0.217. The maximum atomic E-state index is 14.9. The lowest BCUT2D eigenvalue weighted by Crippen LogP contribution is -2.61. The predicted molar refractivity (Wildman–Crippen MR) is 213 cm³/mol. The Kier molecular flexibility index (Phi) is 14.1. The van der Waals surface area contributed by atoms with Crippen LogP contribution in [0.15, 0.2) is 182 Å². The largest absolute Gasteiger partial charge is 0.590 e. The fourth-order valence-corrected chi connectivity index (χ4v) is 7.55. The summed E-state index contributed by atoms with van der Waals surface area (Å²) in [5.74, 6) is 0.570. The molecule has 1 aliphatic rings. The molecule has 1 fully saturated rings. The normalized spacial score (nSPS) is 19.6. The molecule has 0 saturated carbocycles. The zero-order valence-electron chi connectivity index (χ0n) is 30.9. The Bertz CT molecular complexity index is 2000. The van der Waals surface area contributed by atoms with Gasteiger partial charge in [0.25, 0.3) is 0 Å². The molecule has 1 heterocycles. The third-order valence-electron chi connectivity index (χ3n) is 8.99. The van der Waals surface area contributed by atoms with Gasteiger partial charge in [-0.1, -0.05) is 158 Å². The summed E-state index contributed by atoms with van der Waals surface area (Å²) in [5.41, 5.74) is 3.82. The number of phosphoric acid groups is 1. The van der Waals surface area contributed by atoms with Crippen LogP contribution in [0.5, 0.6) is 11.5 Å². The molecular weight excluding hydrogens is 727 g/mol. The van der Waals surface area contributed by atoms with Crippen LogP contribution in [0.3, 0.4) is 0 Å². The monoisotopic (exact) mass is 772 g/mol. The second-order valence-electron chi connectivity index (χ2n) is 13.2. The highest BCUT2D eigenvalue weighted by Crippen LogP contribution is 2.52. The number of para-hydroxylation sites is 2. The highest BCUT2D eigenvalue weighted by atomic mass is 31.2. The Morgan fingerprint density at radius 3 is 1.21 bits per heavy atom. The first-order valence-electron chi connectivity index (χ1n) is 18.6. The van der Waals surface area contributed by atoms with E-state index in [0.717, 1.165) is 22.3 Å². The Hall–Kier alpha value is -5.09. The molecule has 0 aliphatic carbocycles. The van der Waals surface area contributed by atoms with E-state index in [9.17, 15) is 4.57 Å². The van der Waals surface area contributed by atoms with Crippen LogP contribution in [0, 0.1) is 0 Å². The Morgan fingerprint density at radius 1 is 0.429 bits per heavy atom. The van der Waals surface area contributed by atoms with Gasteiger partial charge in [0.15, 0.2) is 0 Å². The standard InChI is InChI=1S/C46H45O9P/c47-56(53-40-27-15-5-16-28-40,54-41-29-17-6-18-30-41)55-46-45(51-34-39-25-13-4-14-26-39)44(50-33-38-23-11-3-12-24-38)43(49-32-37-21-9-2-10-22-37)42(52-46)35-48-31-36-19-7-1-8-20-36/h1-30,42-46H,31-35H2/t42-,43-,44+,45+,46-/m1/s1. The molecule has 1 aliphatic heterocycles. The molecule has 0 radical (unpaired) electrons. The third-order valence-corrected chi connectivity index (χ3v) is 10.3. The number of rotatable bonds is 19. The molecule has 0 spiro atoms. The van der Waals surface area contributed by atoms with Crippen molar-refractivity contribution >= 4 is 7.82 Å². The summed E-state index contributed by atoms with van der Waals surface area (Å²) >= 11 is 0. The third kappa shape index (κ3) is 11.5. The van der Waals surface area contributed by atoms with Crippen molar-refractivity contribution in [3.05, 3.63) is 204 Å². The molecule has 0 unspecified atom stereocenters. The van der Waals surface area contributed by atoms with E-state index in [1.54, 1.807) is 48.5 Å². The van der Waals surface area contributed by atoms with Crippen molar-refractivity contribution in [2.24, 2.45) is 0 Å². The number of hydrogen-bond donors (Lipinski definition) is 0. The van der Waals surface area contributed by atoms with Gasteiger partial charge >= 0.3 is 7.82 Å². The molecule has 6 aromatic rings. The average Bonchev–Trinajstić information content (AvgIpc) is 3.24. The molecule has 0 amide bonds. The van der Waals surface area contributed by atoms with Crippen molar-refractivity contribution < 1.29 is 41.8 Å². The van der Waals surface area contributed by atoms with Gasteiger partial charge in [0, 0.05) is 0 Å². The van der Waals surface area contributed by atoms with E-state index in [-0.39, 0.29) is 37.9 Å². The average molecular weight is 773 g/mol. The summed E-state index contributed by atoms with van der Waals surface area (Å²) in [4.78, 5) is 0. The first-order chi connectivity index (χ1) is 27.6. The number of hydrogen-bond acceptors (Lipinski definition) is 9. The molecular formula is C46H45O9P. The zero-order chi connectivity index (χ0) is 38.3. The molecule has 0 aromatic heterocycles.